The van der Waals surface area contributed by atoms with Crippen LogP contribution < -0.4 is 4.87 Å². The first kappa shape index (κ1) is 15.3. The summed E-state index contributed by atoms with van der Waals surface area (Å²) in [5, 5.41) is 1.90. The maximum atomic E-state index is 11.7. The lowest BCUT2D eigenvalue weighted by Gasteiger charge is -2.30. The molecule has 1 aromatic rings. The van der Waals surface area contributed by atoms with E-state index in [0.29, 0.717) is 6.61 Å². The molecule has 0 aliphatic carbocycles. The van der Waals surface area contributed by atoms with E-state index in [2.05, 4.69) is 4.90 Å². The van der Waals surface area contributed by atoms with Crippen molar-refractivity contribution in [2.75, 3.05) is 26.2 Å². The molecule has 0 aromatic carbocycles. The van der Waals surface area contributed by atoms with Crippen molar-refractivity contribution in [1.29, 1.82) is 0 Å². The summed E-state index contributed by atoms with van der Waals surface area (Å²) in [6.45, 7) is 7.67. The third kappa shape index (κ3) is 3.70. The number of piperidine rings is 1. The Morgan fingerprint density at radius 2 is 2.10 bits per heavy atom. The third-order valence-electron chi connectivity index (χ3n) is 3.82. The van der Waals surface area contributed by atoms with Crippen LogP contribution in [0.15, 0.2) is 10.2 Å². The highest BCUT2D eigenvalue weighted by Crippen LogP contribution is 2.18. The second-order valence-corrected chi connectivity index (χ2v) is 5.98. The molecule has 20 heavy (non-hydrogen) atoms. The number of nitrogens with zero attached hydrogens (tertiary/aromatic N) is 2. The first-order chi connectivity index (χ1) is 9.61. The van der Waals surface area contributed by atoms with E-state index < -0.39 is 0 Å². The molecule has 0 atom stereocenters. The van der Waals surface area contributed by atoms with Crippen molar-refractivity contribution in [1.82, 2.24) is 9.47 Å². The van der Waals surface area contributed by atoms with Crippen LogP contribution >= 0.6 is 11.3 Å². The quantitative estimate of drug-likeness (QED) is 0.773. The summed E-state index contributed by atoms with van der Waals surface area (Å²) in [5.41, 5.74) is 1.03. The highest BCUT2D eigenvalue weighted by Gasteiger charge is 2.25. The van der Waals surface area contributed by atoms with Crippen molar-refractivity contribution in [3.05, 3.63) is 20.7 Å². The predicted octanol–water partition coefficient (Wildman–Crippen LogP) is 1.49. The van der Waals surface area contributed by atoms with E-state index in [1.165, 1.54) is 11.3 Å². The van der Waals surface area contributed by atoms with E-state index >= 15 is 0 Å². The normalized spacial score (nSPS) is 17.3. The zero-order valence-corrected chi connectivity index (χ0v) is 12.9. The van der Waals surface area contributed by atoms with Crippen LogP contribution in [0.2, 0.25) is 0 Å². The molecule has 112 valence electrons. The lowest BCUT2D eigenvalue weighted by atomic mass is 9.97. The Morgan fingerprint density at radius 3 is 2.65 bits per heavy atom. The predicted molar refractivity (Wildman–Crippen MR) is 79.1 cm³/mol. The number of aromatic nitrogens is 1. The Morgan fingerprint density at radius 1 is 1.40 bits per heavy atom. The van der Waals surface area contributed by atoms with Crippen molar-refractivity contribution in [3.8, 4) is 0 Å². The van der Waals surface area contributed by atoms with Gasteiger partial charge in [0.15, 0.2) is 0 Å². The van der Waals surface area contributed by atoms with Crippen LogP contribution in [0.4, 0.5) is 0 Å². The van der Waals surface area contributed by atoms with Gasteiger partial charge in [0.05, 0.1) is 12.5 Å². The number of aryl methyl sites for hydroxylation is 1. The van der Waals surface area contributed by atoms with Gasteiger partial charge in [-0.2, -0.15) is 0 Å². The van der Waals surface area contributed by atoms with Crippen LogP contribution in [0.25, 0.3) is 0 Å². The molecule has 2 rings (SSSR count). The molecule has 0 spiro atoms. The van der Waals surface area contributed by atoms with E-state index in [1.54, 1.807) is 0 Å². The fraction of sp³-hybridized carbons (Fsp3) is 0.714. The van der Waals surface area contributed by atoms with Crippen LogP contribution in [0.1, 0.15) is 25.5 Å². The number of rotatable bonds is 5. The van der Waals surface area contributed by atoms with Crippen molar-refractivity contribution in [2.45, 2.75) is 33.2 Å². The molecular weight excluding hydrogens is 276 g/mol. The summed E-state index contributed by atoms with van der Waals surface area (Å²) >= 11 is 1.26. The largest absolute Gasteiger partial charge is 0.466 e. The molecule has 1 fully saturated rings. The molecular formula is C14H22N2O3S. The van der Waals surface area contributed by atoms with Gasteiger partial charge in [0.25, 0.3) is 0 Å². The number of esters is 1. The number of thiazole rings is 1. The van der Waals surface area contributed by atoms with Crippen LogP contribution in [0.5, 0.6) is 0 Å². The molecule has 0 unspecified atom stereocenters. The Bertz CT molecular complexity index is 501. The monoisotopic (exact) mass is 298 g/mol. The van der Waals surface area contributed by atoms with Gasteiger partial charge < -0.3 is 14.2 Å². The van der Waals surface area contributed by atoms with Gasteiger partial charge in [0.2, 0.25) is 0 Å². The summed E-state index contributed by atoms with van der Waals surface area (Å²) in [6.07, 6.45) is 1.71. The van der Waals surface area contributed by atoms with Crippen molar-refractivity contribution < 1.29 is 9.53 Å². The number of likely N-dealkylation sites (tertiary alicyclic amines) is 1. The standard InChI is InChI=1S/C14H22N2O3S/c1-3-19-13(17)12-4-6-15(7-5-12)8-9-16-11(2)10-20-14(16)18/h10,12H,3-9H2,1-2H3. The molecule has 0 N–H and O–H groups in total. The maximum absolute atomic E-state index is 11.7. The van der Waals surface area contributed by atoms with E-state index in [4.69, 9.17) is 4.74 Å². The van der Waals surface area contributed by atoms with Gasteiger partial charge in [-0.1, -0.05) is 11.3 Å². The van der Waals surface area contributed by atoms with Crippen LogP contribution in [-0.2, 0) is 16.1 Å². The van der Waals surface area contributed by atoms with Gasteiger partial charge in [-0.3, -0.25) is 9.59 Å². The van der Waals surface area contributed by atoms with Gasteiger partial charge in [-0.05, 0) is 39.8 Å². The highest BCUT2D eigenvalue weighted by atomic mass is 32.1. The average Bonchev–Trinajstić information content (AvgIpc) is 2.77. The maximum Gasteiger partial charge on any atom is 0.309 e. The van der Waals surface area contributed by atoms with Gasteiger partial charge in [0.1, 0.15) is 0 Å². The first-order valence-electron chi connectivity index (χ1n) is 7.15. The Labute approximate surface area is 123 Å². The summed E-state index contributed by atoms with van der Waals surface area (Å²) in [6, 6.07) is 0. The Kier molecular flexibility index (Phi) is 5.37. The molecule has 0 amide bonds. The second kappa shape index (κ2) is 7.04. The molecule has 0 saturated carbocycles. The fourth-order valence-electron chi connectivity index (χ4n) is 2.57. The Balaban J connectivity index is 1.78. The smallest absolute Gasteiger partial charge is 0.309 e. The van der Waals surface area contributed by atoms with Crippen LogP contribution in [0, 0.1) is 12.8 Å². The van der Waals surface area contributed by atoms with Gasteiger partial charge in [-0.25, -0.2) is 0 Å². The minimum absolute atomic E-state index is 0.0526. The number of ether oxygens (including phenoxy) is 1. The molecule has 6 heteroatoms. The molecule has 1 aromatic heterocycles. The number of carbonyl (C=O) groups is 1. The van der Waals surface area contributed by atoms with Gasteiger partial charge in [0, 0.05) is 24.2 Å². The summed E-state index contributed by atoms with van der Waals surface area (Å²) in [5.74, 6) is -0.00569. The summed E-state index contributed by atoms with van der Waals surface area (Å²) in [4.78, 5) is 25.7. The molecule has 0 radical (unpaired) electrons. The van der Waals surface area contributed by atoms with E-state index in [9.17, 15) is 9.59 Å². The third-order valence-corrected chi connectivity index (χ3v) is 4.70. The molecule has 0 bridgehead atoms. The highest BCUT2D eigenvalue weighted by molar-refractivity contribution is 7.07. The Hall–Kier alpha value is -1.14. The molecule has 1 aliphatic heterocycles. The van der Waals surface area contributed by atoms with Gasteiger partial charge >= 0.3 is 10.8 Å². The zero-order valence-electron chi connectivity index (χ0n) is 12.1. The van der Waals surface area contributed by atoms with Crippen LogP contribution in [0.3, 0.4) is 0 Å². The number of carbonyl (C=O) groups excluding carboxylic acids is 1. The lowest BCUT2D eigenvalue weighted by molar-refractivity contribution is -0.149. The number of hydrogen-bond acceptors (Lipinski definition) is 5. The van der Waals surface area contributed by atoms with E-state index in [1.807, 2.05) is 23.8 Å². The molecule has 1 aliphatic rings. The van der Waals surface area contributed by atoms with Gasteiger partial charge in [-0.15, -0.1) is 0 Å². The molecule has 1 saturated heterocycles. The van der Waals surface area contributed by atoms with Crippen LogP contribution in [-0.4, -0.2) is 41.7 Å². The number of hydrogen-bond donors (Lipinski definition) is 0. The SMILES string of the molecule is CCOC(=O)C1CCN(CCn2c(C)csc2=O)CC1. The van der Waals surface area contributed by atoms with Crippen molar-refractivity contribution in [3.63, 3.8) is 0 Å². The minimum atomic E-state index is -0.0583. The van der Waals surface area contributed by atoms with E-state index in [-0.39, 0.29) is 16.8 Å². The van der Waals surface area contributed by atoms with Crippen molar-refractivity contribution in [2.24, 2.45) is 5.92 Å². The molecule has 5 nitrogen and oxygen atoms in total. The summed E-state index contributed by atoms with van der Waals surface area (Å²) in [7, 11) is 0. The van der Waals surface area contributed by atoms with Crippen molar-refractivity contribution >= 4 is 17.3 Å². The second-order valence-electron chi connectivity index (χ2n) is 5.16. The topological polar surface area (TPSA) is 51.5 Å². The molecule has 2 heterocycles. The first-order valence-corrected chi connectivity index (χ1v) is 8.03. The fourth-order valence-corrected chi connectivity index (χ4v) is 3.33. The lowest BCUT2D eigenvalue weighted by Crippen LogP contribution is -2.39. The average molecular weight is 298 g/mol. The zero-order chi connectivity index (χ0) is 14.5. The van der Waals surface area contributed by atoms with E-state index in [0.717, 1.165) is 44.7 Å². The minimum Gasteiger partial charge on any atom is -0.466 e. The summed E-state index contributed by atoms with van der Waals surface area (Å²) < 4.78 is 6.89.